The molecular weight excluding hydrogens is 358 g/mol. The van der Waals surface area contributed by atoms with Crippen LogP contribution < -0.4 is 20.3 Å². The molecule has 1 saturated heterocycles. The van der Waals surface area contributed by atoms with Crippen molar-refractivity contribution < 1.29 is 24.0 Å². The van der Waals surface area contributed by atoms with Crippen LogP contribution >= 0.6 is 0 Å². The van der Waals surface area contributed by atoms with Crippen molar-refractivity contribution >= 4 is 12.0 Å². The highest BCUT2D eigenvalue weighted by Gasteiger charge is 2.36. The third-order valence-corrected chi connectivity index (χ3v) is 5.51. The number of urea groups is 1. The second-order valence-electron chi connectivity index (χ2n) is 7.97. The molecule has 28 heavy (non-hydrogen) atoms. The van der Waals surface area contributed by atoms with Gasteiger partial charge in [-0.3, -0.25) is 0 Å². The summed E-state index contributed by atoms with van der Waals surface area (Å²) in [7, 11) is 2.97. The third kappa shape index (κ3) is 4.47. The van der Waals surface area contributed by atoms with Gasteiger partial charge in [-0.1, -0.05) is 26.0 Å². The van der Waals surface area contributed by atoms with Crippen molar-refractivity contribution in [1.82, 2.24) is 10.6 Å². The fourth-order valence-electron chi connectivity index (χ4n) is 4.47. The van der Waals surface area contributed by atoms with Crippen LogP contribution in [-0.2, 0) is 9.53 Å². The molecule has 0 radical (unpaired) electrons. The zero-order valence-electron chi connectivity index (χ0n) is 17.0. The molecule has 0 spiro atoms. The Hall–Kier alpha value is -2.54. The number of rotatable bonds is 5. The number of esters is 1. The van der Waals surface area contributed by atoms with Crippen LogP contribution in [0.25, 0.3) is 0 Å². The van der Waals surface area contributed by atoms with Gasteiger partial charge in [-0.2, -0.15) is 0 Å². The van der Waals surface area contributed by atoms with Crippen LogP contribution in [0.3, 0.4) is 0 Å². The van der Waals surface area contributed by atoms with E-state index in [1.165, 1.54) is 18.4 Å². The van der Waals surface area contributed by atoms with Gasteiger partial charge in [0.15, 0.2) is 0 Å². The second kappa shape index (κ2) is 8.65. The highest BCUT2D eigenvalue weighted by atomic mass is 16.5. The number of hydrogen-bond donors (Lipinski definition) is 3. The molecule has 3 rings (SSSR count). The summed E-state index contributed by atoms with van der Waals surface area (Å²) in [5.74, 6) is 1.53. The van der Waals surface area contributed by atoms with Gasteiger partial charge >= 0.3 is 12.0 Å². The Balaban J connectivity index is 1.95. The SMILES string of the molecule is COC(=O)C1=C(C[NH+]2C[C@H](C)C[C@H](C)C2)NC(=O)N[C@H]1c1ccc(OC)cc1. The molecular formula is C21H30N3O4+. The zero-order chi connectivity index (χ0) is 20.3. The van der Waals surface area contributed by atoms with E-state index in [2.05, 4.69) is 24.5 Å². The lowest BCUT2D eigenvalue weighted by Gasteiger charge is -2.35. The van der Waals surface area contributed by atoms with Crippen molar-refractivity contribution in [3.8, 4) is 5.75 Å². The largest absolute Gasteiger partial charge is 0.497 e. The summed E-state index contributed by atoms with van der Waals surface area (Å²) in [6, 6.07) is 6.48. The summed E-state index contributed by atoms with van der Waals surface area (Å²) in [6.45, 7) is 7.16. The van der Waals surface area contributed by atoms with Gasteiger partial charge in [0.2, 0.25) is 0 Å². The number of methoxy groups -OCH3 is 2. The van der Waals surface area contributed by atoms with Gasteiger partial charge in [-0.25, -0.2) is 9.59 Å². The Kier molecular flexibility index (Phi) is 6.24. The molecule has 3 N–H and O–H groups in total. The van der Waals surface area contributed by atoms with E-state index in [4.69, 9.17) is 9.47 Å². The molecule has 0 saturated carbocycles. The summed E-state index contributed by atoms with van der Waals surface area (Å²) < 4.78 is 10.3. The van der Waals surface area contributed by atoms with Crippen LogP contribution in [0.15, 0.2) is 35.5 Å². The van der Waals surface area contributed by atoms with E-state index in [-0.39, 0.29) is 6.03 Å². The first-order valence-electron chi connectivity index (χ1n) is 9.77. The molecule has 2 aliphatic rings. The van der Waals surface area contributed by atoms with E-state index in [9.17, 15) is 9.59 Å². The Morgan fingerprint density at radius 1 is 1.14 bits per heavy atom. The Labute approximate surface area is 166 Å². The van der Waals surface area contributed by atoms with E-state index >= 15 is 0 Å². The number of benzene rings is 1. The molecule has 1 unspecified atom stereocenters. The molecule has 152 valence electrons. The smallest absolute Gasteiger partial charge is 0.338 e. The first kappa shape index (κ1) is 20.2. The van der Waals surface area contributed by atoms with E-state index in [0.717, 1.165) is 18.7 Å². The minimum Gasteiger partial charge on any atom is -0.497 e. The predicted molar refractivity (Wildman–Crippen MR) is 105 cm³/mol. The van der Waals surface area contributed by atoms with Crippen LogP contribution in [0.2, 0.25) is 0 Å². The Morgan fingerprint density at radius 3 is 2.36 bits per heavy atom. The first-order chi connectivity index (χ1) is 13.4. The maximum absolute atomic E-state index is 12.7. The fourth-order valence-corrected chi connectivity index (χ4v) is 4.47. The second-order valence-corrected chi connectivity index (χ2v) is 7.97. The molecule has 2 aliphatic heterocycles. The third-order valence-electron chi connectivity index (χ3n) is 5.51. The summed E-state index contributed by atoms with van der Waals surface area (Å²) in [6.07, 6.45) is 1.22. The normalized spacial score (nSPS) is 27.6. The summed E-state index contributed by atoms with van der Waals surface area (Å²) >= 11 is 0. The molecule has 2 heterocycles. The lowest BCUT2D eigenvalue weighted by atomic mass is 9.91. The minimum atomic E-state index is -0.554. The van der Waals surface area contributed by atoms with Crippen molar-refractivity contribution in [3.63, 3.8) is 0 Å². The van der Waals surface area contributed by atoms with E-state index in [1.54, 1.807) is 7.11 Å². The van der Waals surface area contributed by atoms with E-state index < -0.39 is 12.0 Å². The van der Waals surface area contributed by atoms with Crippen LogP contribution in [0.5, 0.6) is 5.75 Å². The van der Waals surface area contributed by atoms with Crippen molar-refractivity contribution in [3.05, 3.63) is 41.1 Å². The molecule has 0 aliphatic carbocycles. The molecule has 1 aromatic carbocycles. The fraction of sp³-hybridized carbons (Fsp3) is 0.524. The van der Waals surface area contributed by atoms with Gasteiger partial charge in [0.1, 0.15) is 12.3 Å². The number of hydrogen-bond acceptors (Lipinski definition) is 4. The van der Waals surface area contributed by atoms with Gasteiger partial charge in [-0.05, 0) is 24.1 Å². The van der Waals surface area contributed by atoms with E-state index in [0.29, 0.717) is 35.4 Å². The van der Waals surface area contributed by atoms with Crippen LogP contribution in [-0.4, -0.2) is 45.9 Å². The maximum atomic E-state index is 12.7. The molecule has 7 heteroatoms. The minimum absolute atomic E-state index is 0.305. The quantitative estimate of drug-likeness (QED) is 0.659. The zero-order valence-corrected chi connectivity index (χ0v) is 17.0. The number of carbonyl (C=O) groups excluding carboxylic acids is 2. The van der Waals surface area contributed by atoms with Gasteiger partial charge in [0.25, 0.3) is 0 Å². The molecule has 4 atom stereocenters. The van der Waals surface area contributed by atoms with Gasteiger partial charge < -0.3 is 25.0 Å². The van der Waals surface area contributed by atoms with Crippen molar-refractivity contribution in [2.45, 2.75) is 26.3 Å². The summed E-state index contributed by atoms with van der Waals surface area (Å²) in [5.41, 5.74) is 1.92. The highest BCUT2D eigenvalue weighted by Crippen LogP contribution is 2.28. The number of piperidine rings is 1. The molecule has 0 bridgehead atoms. The van der Waals surface area contributed by atoms with Gasteiger partial charge in [0, 0.05) is 11.8 Å². The Morgan fingerprint density at radius 2 is 1.79 bits per heavy atom. The van der Waals surface area contributed by atoms with Crippen LogP contribution in [0.1, 0.15) is 31.9 Å². The first-order valence-corrected chi connectivity index (χ1v) is 9.77. The maximum Gasteiger partial charge on any atom is 0.338 e. The molecule has 0 aromatic heterocycles. The van der Waals surface area contributed by atoms with Crippen molar-refractivity contribution in [1.29, 1.82) is 0 Å². The lowest BCUT2D eigenvalue weighted by molar-refractivity contribution is -0.907. The number of nitrogens with one attached hydrogen (secondary N) is 3. The van der Waals surface area contributed by atoms with Gasteiger partial charge in [0.05, 0.1) is 44.6 Å². The number of ether oxygens (including phenoxy) is 2. The van der Waals surface area contributed by atoms with Gasteiger partial charge in [-0.15, -0.1) is 0 Å². The predicted octanol–water partition coefficient (Wildman–Crippen LogP) is 1.04. The molecule has 1 fully saturated rings. The number of carbonyl (C=O) groups is 2. The Bertz CT molecular complexity index is 749. The van der Waals surface area contributed by atoms with Crippen LogP contribution in [0, 0.1) is 11.8 Å². The standard InChI is InChI=1S/C21H29N3O4/c1-13-9-14(2)11-24(10-13)12-17-18(20(25)28-4)19(23-21(26)22-17)15-5-7-16(27-3)8-6-15/h5-8,13-14,19H,9-12H2,1-4H3,(H2,22,23,26)/p+1/t13-,14+,19-/m0/s1. The number of quaternary nitrogens is 1. The average molecular weight is 388 g/mol. The van der Waals surface area contributed by atoms with Crippen molar-refractivity contribution in [2.75, 3.05) is 33.9 Å². The summed E-state index contributed by atoms with van der Waals surface area (Å²) in [5, 5.41) is 5.73. The van der Waals surface area contributed by atoms with Crippen LogP contribution in [0.4, 0.5) is 4.79 Å². The molecule has 2 amide bonds. The molecule has 7 nitrogen and oxygen atoms in total. The average Bonchev–Trinajstić information content (AvgIpc) is 2.66. The van der Waals surface area contributed by atoms with E-state index in [1.807, 2.05) is 24.3 Å². The number of amides is 2. The molecule has 1 aromatic rings. The monoisotopic (exact) mass is 388 g/mol. The highest BCUT2D eigenvalue weighted by molar-refractivity contribution is 5.95. The number of likely N-dealkylation sites (tertiary alicyclic amines) is 1. The topological polar surface area (TPSA) is 81.1 Å². The summed E-state index contributed by atoms with van der Waals surface area (Å²) in [4.78, 5) is 26.4. The lowest BCUT2D eigenvalue weighted by Crippen LogP contribution is -3.14. The van der Waals surface area contributed by atoms with Crippen molar-refractivity contribution in [2.24, 2.45) is 11.8 Å².